The summed E-state index contributed by atoms with van der Waals surface area (Å²) in [7, 11) is 0. The van der Waals surface area contributed by atoms with E-state index in [0.29, 0.717) is 0 Å². The molecule has 3 nitrogen and oxygen atoms in total. The summed E-state index contributed by atoms with van der Waals surface area (Å²) >= 11 is 1.62. The van der Waals surface area contributed by atoms with Crippen molar-refractivity contribution in [2.45, 2.75) is 24.6 Å². The lowest BCUT2D eigenvalue weighted by Crippen LogP contribution is -1.97. The molecular formula is C15H15NO2S. The van der Waals surface area contributed by atoms with Gasteiger partial charge in [0.1, 0.15) is 0 Å². The number of aryl methyl sites for hydroxylation is 2. The first-order chi connectivity index (χ1) is 9.08. The number of carboxylic acid groups (broad SMARTS) is 1. The number of pyridine rings is 1. The summed E-state index contributed by atoms with van der Waals surface area (Å²) in [6.45, 7) is 4.20. The number of benzene rings is 1. The lowest BCUT2D eigenvalue weighted by molar-refractivity contribution is 0.0696. The molecule has 0 bridgehead atoms. The molecular weight excluding hydrogens is 258 g/mol. The van der Waals surface area contributed by atoms with E-state index in [-0.39, 0.29) is 5.56 Å². The third-order valence-electron chi connectivity index (χ3n) is 2.99. The van der Waals surface area contributed by atoms with E-state index < -0.39 is 5.97 Å². The van der Waals surface area contributed by atoms with Crippen LogP contribution in [0.4, 0.5) is 0 Å². The molecule has 0 saturated carbocycles. The second-order valence-electron chi connectivity index (χ2n) is 4.35. The van der Waals surface area contributed by atoms with Crippen LogP contribution in [-0.4, -0.2) is 16.1 Å². The van der Waals surface area contributed by atoms with Gasteiger partial charge in [-0.05, 0) is 42.7 Å². The minimum Gasteiger partial charge on any atom is -0.478 e. The molecule has 0 aliphatic carbocycles. The maximum absolute atomic E-state index is 10.7. The van der Waals surface area contributed by atoms with Crippen molar-refractivity contribution in [3.05, 3.63) is 58.8 Å². The summed E-state index contributed by atoms with van der Waals surface area (Å²) in [6.07, 6.45) is 1.40. The molecule has 0 aliphatic rings. The molecule has 0 saturated heterocycles. The molecule has 1 heterocycles. The third kappa shape index (κ3) is 3.35. The van der Waals surface area contributed by atoms with Crippen LogP contribution in [0.3, 0.4) is 0 Å². The Labute approximate surface area is 116 Å². The van der Waals surface area contributed by atoms with Crippen molar-refractivity contribution in [3.8, 4) is 0 Å². The summed E-state index contributed by atoms with van der Waals surface area (Å²) in [5.41, 5.74) is 4.08. The minimum absolute atomic E-state index is 0.219. The van der Waals surface area contributed by atoms with Crippen LogP contribution < -0.4 is 0 Å². The average Bonchev–Trinajstić information content (AvgIpc) is 2.38. The second-order valence-corrected chi connectivity index (χ2v) is 5.34. The molecule has 0 amide bonds. The Balaban J connectivity index is 2.08. The molecule has 0 spiro atoms. The number of thioether (sulfide) groups is 1. The van der Waals surface area contributed by atoms with Crippen molar-refractivity contribution in [1.29, 1.82) is 0 Å². The standard InChI is InChI=1S/C15H15NO2S/c1-10-4-3-5-11(2)13(10)9-19-14-7-6-12(8-16-14)15(17)18/h3-8H,9H2,1-2H3,(H,17,18). The van der Waals surface area contributed by atoms with E-state index in [9.17, 15) is 4.79 Å². The van der Waals surface area contributed by atoms with Gasteiger partial charge in [-0.15, -0.1) is 11.8 Å². The molecule has 2 aromatic rings. The lowest BCUT2D eigenvalue weighted by Gasteiger charge is -2.08. The Hall–Kier alpha value is -1.81. The summed E-state index contributed by atoms with van der Waals surface area (Å²) in [5.74, 6) is -0.100. The lowest BCUT2D eigenvalue weighted by atomic mass is 10.1. The fraction of sp³-hybridized carbons (Fsp3) is 0.200. The van der Waals surface area contributed by atoms with Crippen molar-refractivity contribution < 1.29 is 9.90 Å². The van der Waals surface area contributed by atoms with Crippen molar-refractivity contribution in [1.82, 2.24) is 4.98 Å². The predicted molar refractivity (Wildman–Crippen MR) is 76.7 cm³/mol. The van der Waals surface area contributed by atoms with Gasteiger partial charge in [0.2, 0.25) is 0 Å². The molecule has 98 valence electrons. The number of aromatic carboxylic acids is 1. The topological polar surface area (TPSA) is 50.2 Å². The van der Waals surface area contributed by atoms with Gasteiger partial charge in [0, 0.05) is 11.9 Å². The monoisotopic (exact) mass is 273 g/mol. The summed E-state index contributed by atoms with van der Waals surface area (Å²) in [4.78, 5) is 14.9. The van der Waals surface area contributed by atoms with Crippen LogP contribution in [0.15, 0.2) is 41.6 Å². The van der Waals surface area contributed by atoms with Gasteiger partial charge in [-0.1, -0.05) is 18.2 Å². The first-order valence-electron chi connectivity index (χ1n) is 5.95. The first-order valence-corrected chi connectivity index (χ1v) is 6.93. The van der Waals surface area contributed by atoms with Crippen molar-refractivity contribution in [2.24, 2.45) is 0 Å². The van der Waals surface area contributed by atoms with Crippen LogP contribution in [0, 0.1) is 13.8 Å². The third-order valence-corrected chi connectivity index (χ3v) is 3.96. The SMILES string of the molecule is Cc1cccc(C)c1CSc1ccc(C(=O)O)cn1. The number of hydrogen-bond acceptors (Lipinski definition) is 3. The largest absolute Gasteiger partial charge is 0.478 e. The summed E-state index contributed by atoms with van der Waals surface area (Å²) in [5, 5.41) is 9.65. The Morgan fingerprint density at radius 2 is 1.89 bits per heavy atom. The van der Waals surface area contributed by atoms with E-state index in [0.717, 1.165) is 10.8 Å². The molecule has 0 unspecified atom stereocenters. The maximum atomic E-state index is 10.7. The maximum Gasteiger partial charge on any atom is 0.337 e. The molecule has 0 radical (unpaired) electrons. The average molecular weight is 273 g/mol. The number of nitrogens with zero attached hydrogens (tertiary/aromatic N) is 1. The molecule has 0 fully saturated rings. The smallest absolute Gasteiger partial charge is 0.337 e. The van der Waals surface area contributed by atoms with E-state index in [1.165, 1.54) is 22.9 Å². The highest BCUT2D eigenvalue weighted by molar-refractivity contribution is 7.98. The van der Waals surface area contributed by atoms with Gasteiger partial charge in [-0.3, -0.25) is 0 Å². The molecule has 19 heavy (non-hydrogen) atoms. The quantitative estimate of drug-likeness (QED) is 0.863. The molecule has 1 aromatic heterocycles. The van der Waals surface area contributed by atoms with Gasteiger partial charge < -0.3 is 5.11 Å². The van der Waals surface area contributed by atoms with Gasteiger partial charge >= 0.3 is 5.97 Å². The number of aromatic nitrogens is 1. The van der Waals surface area contributed by atoms with E-state index in [2.05, 4.69) is 37.0 Å². The first kappa shape index (κ1) is 13.6. The van der Waals surface area contributed by atoms with Crippen LogP contribution in [0.1, 0.15) is 27.0 Å². The zero-order valence-corrected chi connectivity index (χ0v) is 11.7. The van der Waals surface area contributed by atoms with Gasteiger partial charge in [0.15, 0.2) is 0 Å². The number of carbonyl (C=O) groups is 1. The summed E-state index contributed by atoms with van der Waals surface area (Å²) in [6, 6.07) is 9.59. The van der Waals surface area contributed by atoms with E-state index in [1.807, 2.05) is 0 Å². The van der Waals surface area contributed by atoms with Crippen molar-refractivity contribution >= 4 is 17.7 Å². The fourth-order valence-corrected chi connectivity index (χ4v) is 2.85. The highest BCUT2D eigenvalue weighted by Crippen LogP contribution is 2.24. The molecule has 0 atom stereocenters. The number of hydrogen-bond donors (Lipinski definition) is 1. The minimum atomic E-state index is -0.946. The molecule has 1 aromatic carbocycles. The van der Waals surface area contributed by atoms with E-state index in [4.69, 9.17) is 5.11 Å². The van der Waals surface area contributed by atoms with Crippen molar-refractivity contribution in [2.75, 3.05) is 0 Å². The van der Waals surface area contributed by atoms with Gasteiger partial charge in [0.05, 0.1) is 10.6 Å². The van der Waals surface area contributed by atoms with Crippen LogP contribution in [0.25, 0.3) is 0 Å². The van der Waals surface area contributed by atoms with Gasteiger partial charge in [-0.25, -0.2) is 9.78 Å². The van der Waals surface area contributed by atoms with Gasteiger partial charge in [0.25, 0.3) is 0 Å². The Bertz CT molecular complexity index is 573. The van der Waals surface area contributed by atoms with Crippen LogP contribution in [0.5, 0.6) is 0 Å². The van der Waals surface area contributed by atoms with Crippen molar-refractivity contribution in [3.63, 3.8) is 0 Å². The Kier molecular flexibility index (Phi) is 4.22. The number of carboxylic acids is 1. The van der Waals surface area contributed by atoms with Gasteiger partial charge in [-0.2, -0.15) is 0 Å². The molecule has 4 heteroatoms. The zero-order chi connectivity index (χ0) is 13.8. The Morgan fingerprint density at radius 1 is 1.21 bits per heavy atom. The normalized spacial score (nSPS) is 10.4. The van der Waals surface area contributed by atoms with Crippen LogP contribution >= 0.6 is 11.8 Å². The van der Waals surface area contributed by atoms with E-state index >= 15 is 0 Å². The highest BCUT2D eigenvalue weighted by Gasteiger charge is 2.06. The summed E-state index contributed by atoms with van der Waals surface area (Å²) < 4.78 is 0. The molecule has 0 aliphatic heterocycles. The molecule has 2 rings (SSSR count). The second kappa shape index (κ2) is 5.89. The highest BCUT2D eigenvalue weighted by atomic mass is 32.2. The fourth-order valence-electron chi connectivity index (χ4n) is 1.81. The van der Waals surface area contributed by atoms with Crippen LogP contribution in [-0.2, 0) is 5.75 Å². The van der Waals surface area contributed by atoms with Crippen LogP contribution in [0.2, 0.25) is 0 Å². The zero-order valence-electron chi connectivity index (χ0n) is 10.9. The number of rotatable bonds is 4. The van der Waals surface area contributed by atoms with E-state index in [1.54, 1.807) is 23.9 Å². The Morgan fingerprint density at radius 3 is 2.42 bits per heavy atom. The molecule has 1 N–H and O–H groups in total. The predicted octanol–water partition coefficient (Wildman–Crippen LogP) is 3.69.